The van der Waals surface area contributed by atoms with Crippen molar-refractivity contribution in [2.45, 2.75) is 51.4 Å². The van der Waals surface area contributed by atoms with Gasteiger partial charge in [-0.15, -0.1) is 0 Å². The molecule has 6 rings (SSSR count). The Morgan fingerprint density at radius 1 is 0.698 bits per heavy atom. The van der Waals surface area contributed by atoms with E-state index >= 15 is 0 Å². The van der Waals surface area contributed by atoms with Crippen LogP contribution >= 0.6 is 0 Å². The lowest BCUT2D eigenvalue weighted by atomic mass is 10.0. The molecule has 2 heterocycles. The van der Waals surface area contributed by atoms with Gasteiger partial charge in [-0.2, -0.15) is 0 Å². The van der Waals surface area contributed by atoms with E-state index in [2.05, 4.69) is 4.98 Å². The monoisotopic (exact) mass is 718 g/mol. The van der Waals surface area contributed by atoms with Gasteiger partial charge in [0.2, 0.25) is 5.72 Å². The molecule has 1 saturated heterocycles. The summed E-state index contributed by atoms with van der Waals surface area (Å²) >= 11 is 0. The second-order valence-corrected chi connectivity index (χ2v) is 12.9. The van der Waals surface area contributed by atoms with E-state index in [1.807, 2.05) is 51.1 Å². The third-order valence-electron chi connectivity index (χ3n) is 8.84. The highest BCUT2D eigenvalue weighted by Crippen LogP contribution is 2.40. The number of carbonyl (C=O) groups is 3. The number of nitrogens with zero attached hydrogens (tertiary/aromatic N) is 1. The fourth-order valence-corrected chi connectivity index (χ4v) is 5.93. The zero-order chi connectivity index (χ0) is 37.5. The van der Waals surface area contributed by atoms with Crippen LogP contribution in [0, 0.1) is 20.8 Å². The number of H-pyrrole nitrogens is 1. The van der Waals surface area contributed by atoms with Crippen molar-refractivity contribution in [2.75, 3.05) is 13.2 Å². The maximum absolute atomic E-state index is 13.9. The van der Waals surface area contributed by atoms with E-state index < -0.39 is 59.8 Å². The lowest BCUT2D eigenvalue weighted by Gasteiger charge is -2.35. The van der Waals surface area contributed by atoms with Crippen LogP contribution in [0.3, 0.4) is 0 Å². The molecule has 4 aromatic carbocycles. The number of benzene rings is 4. The number of aromatic nitrogens is 2. The molecule has 1 aliphatic heterocycles. The van der Waals surface area contributed by atoms with Gasteiger partial charge in [-0.05, 0) is 62.7 Å². The van der Waals surface area contributed by atoms with Gasteiger partial charge >= 0.3 is 23.6 Å². The first-order chi connectivity index (χ1) is 25.5. The number of aryl methyl sites for hydroxylation is 3. The fourth-order valence-electron chi connectivity index (χ4n) is 5.93. The summed E-state index contributed by atoms with van der Waals surface area (Å²) in [6.07, 6.45) is -3.11. The summed E-state index contributed by atoms with van der Waals surface area (Å²) in [6, 6.07) is 30.2. The molecule has 0 aliphatic carbocycles. The lowest BCUT2D eigenvalue weighted by Crippen LogP contribution is -2.56. The topological polar surface area (TPSA) is 152 Å². The van der Waals surface area contributed by atoms with Crippen molar-refractivity contribution in [1.82, 2.24) is 9.55 Å². The van der Waals surface area contributed by atoms with E-state index in [-0.39, 0.29) is 29.9 Å². The largest absolute Gasteiger partial charge is 0.457 e. The Morgan fingerprint density at radius 2 is 1.23 bits per heavy atom. The average Bonchev–Trinajstić information content (AvgIpc) is 3.43. The van der Waals surface area contributed by atoms with Gasteiger partial charge in [0, 0.05) is 12.3 Å². The summed E-state index contributed by atoms with van der Waals surface area (Å²) < 4.78 is 31.8. The Balaban J connectivity index is 1.46. The molecule has 0 saturated carbocycles. The molecule has 272 valence electrons. The number of carbonyl (C=O) groups excluding carboxylic acids is 3. The van der Waals surface area contributed by atoms with Gasteiger partial charge in [0.15, 0.2) is 12.2 Å². The minimum atomic E-state index is -2.18. The Morgan fingerprint density at radius 3 is 1.77 bits per heavy atom. The van der Waals surface area contributed by atoms with E-state index in [1.165, 1.54) is 0 Å². The quantitative estimate of drug-likeness (QED) is 0.137. The predicted molar refractivity (Wildman–Crippen MR) is 192 cm³/mol. The van der Waals surface area contributed by atoms with E-state index in [1.54, 1.807) is 72.8 Å². The van der Waals surface area contributed by atoms with Crippen molar-refractivity contribution in [2.24, 2.45) is 0 Å². The number of nitrogens with one attached hydrogen (secondary N) is 1. The second-order valence-electron chi connectivity index (χ2n) is 12.9. The summed E-state index contributed by atoms with van der Waals surface area (Å²) in [6.45, 7) is 4.80. The average molecular weight is 719 g/mol. The van der Waals surface area contributed by atoms with Crippen LogP contribution in [0.25, 0.3) is 0 Å². The van der Waals surface area contributed by atoms with E-state index in [9.17, 15) is 24.0 Å². The van der Waals surface area contributed by atoms with Gasteiger partial charge in [-0.25, -0.2) is 19.2 Å². The molecule has 1 N–H and O–H groups in total. The van der Waals surface area contributed by atoms with Crippen LogP contribution in [0.5, 0.6) is 0 Å². The minimum absolute atomic E-state index is 0.140. The molecule has 0 unspecified atom stereocenters. The van der Waals surface area contributed by atoms with Crippen molar-refractivity contribution in [3.05, 3.63) is 175 Å². The highest BCUT2D eigenvalue weighted by molar-refractivity contribution is 5.91. The number of hydrogen-bond donors (Lipinski definition) is 1. The molecule has 1 aromatic heterocycles. The molecule has 12 nitrogen and oxygen atoms in total. The molecule has 1 aliphatic rings. The minimum Gasteiger partial charge on any atom is -0.457 e. The summed E-state index contributed by atoms with van der Waals surface area (Å²) in [7, 11) is 0. The maximum Gasteiger partial charge on any atom is 0.338 e. The van der Waals surface area contributed by atoms with Gasteiger partial charge in [0.25, 0.3) is 5.56 Å². The predicted octanol–water partition coefficient (Wildman–Crippen LogP) is 5.04. The molecular formula is C41H38N2O10. The van der Waals surface area contributed by atoms with Gasteiger partial charge < -0.3 is 23.7 Å². The molecule has 4 atom stereocenters. The smallest absolute Gasteiger partial charge is 0.338 e. The zero-order valence-corrected chi connectivity index (χ0v) is 29.4. The SMILES string of the molecule is Cc1ccc(C(=O)OC[C@@]2(n3ccc(=O)[nH]c3=O)O[C@H](COCc3ccccc3)[C@@H](OC(=O)c3ccc(C)cc3)[C@H]2OC(=O)c2ccc(C)cc2)cc1. The van der Waals surface area contributed by atoms with Crippen LogP contribution in [0.15, 0.2) is 125 Å². The van der Waals surface area contributed by atoms with Crippen molar-refractivity contribution in [3.8, 4) is 0 Å². The van der Waals surface area contributed by atoms with Crippen molar-refractivity contribution in [1.29, 1.82) is 0 Å². The molecule has 0 bridgehead atoms. The van der Waals surface area contributed by atoms with Gasteiger partial charge in [-0.3, -0.25) is 14.3 Å². The zero-order valence-electron chi connectivity index (χ0n) is 29.4. The summed E-state index contributed by atoms with van der Waals surface area (Å²) in [5, 5.41) is 0. The fraction of sp³-hybridized carbons (Fsp3) is 0.244. The van der Waals surface area contributed by atoms with Gasteiger partial charge in [-0.1, -0.05) is 83.4 Å². The molecule has 0 radical (unpaired) electrons. The first-order valence-corrected chi connectivity index (χ1v) is 16.9. The Hall–Kier alpha value is -6.11. The van der Waals surface area contributed by atoms with Crippen molar-refractivity contribution >= 4 is 17.9 Å². The summed E-state index contributed by atoms with van der Waals surface area (Å²) in [5.41, 5.74) is 0.266. The van der Waals surface area contributed by atoms with Crippen LogP contribution < -0.4 is 11.2 Å². The molecule has 53 heavy (non-hydrogen) atoms. The maximum atomic E-state index is 13.9. The Labute approximate surface area is 304 Å². The van der Waals surface area contributed by atoms with Crippen LogP contribution in [0.1, 0.15) is 53.3 Å². The number of aromatic amines is 1. The summed E-state index contributed by atoms with van der Waals surface area (Å²) in [4.78, 5) is 69.2. The number of hydrogen-bond acceptors (Lipinski definition) is 10. The molecule has 0 spiro atoms. The highest BCUT2D eigenvalue weighted by Gasteiger charge is 2.62. The van der Waals surface area contributed by atoms with Crippen LogP contribution in [0.2, 0.25) is 0 Å². The standard InChI is InChI=1S/C41H38N2O10/c1-26-9-15-30(16-10-26)37(45)50-25-41(43-22-21-34(44)42-40(43)48)36(52-39(47)32-19-13-28(3)14-20-32)35(51-38(46)31-17-11-27(2)12-18-31)33(53-41)24-49-23-29-7-5-4-6-8-29/h4-22,33,35-36H,23-25H2,1-3H3,(H,42,44,48)/t33-,35-,36-,41-/m1/s1. The van der Waals surface area contributed by atoms with Crippen molar-refractivity contribution < 1.29 is 38.1 Å². The third-order valence-corrected chi connectivity index (χ3v) is 8.84. The Kier molecular flexibility index (Phi) is 11.1. The van der Waals surface area contributed by atoms with E-state index in [4.69, 9.17) is 23.7 Å². The van der Waals surface area contributed by atoms with Gasteiger partial charge in [0.05, 0.1) is 29.9 Å². The van der Waals surface area contributed by atoms with E-state index in [0.717, 1.165) is 39.1 Å². The number of esters is 3. The number of ether oxygens (including phenoxy) is 5. The highest BCUT2D eigenvalue weighted by atomic mass is 16.7. The molecule has 1 fully saturated rings. The summed E-state index contributed by atoms with van der Waals surface area (Å²) in [5.74, 6) is -2.39. The van der Waals surface area contributed by atoms with Crippen molar-refractivity contribution in [3.63, 3.8) is 0 Å². The Bertz CT molecular complexity index is 2180. The lowest BCUT2D eigenvalue weighted by molar-refractivity contribution is -0.179. The number of rotatable bonds is 12. The van der Waals surface area contributed by atoms with Crippen LogP contribution in [-0.4, -0.2) is 59.0 Å². The third kappa shape index (κ3) is 8.52. The van der Waals surface area contributed by atoms with E-state index in [0.29, 0.717) is 0 Å². The molecule has 0 amide bonds. The van der Waals surface area contributed by atoms with Gasteiger partial charge in [0.1, 0.15) is 12.7 Å². The molecular weight excluding hydrogens is 680 g/mol. The normalized spacial score (nSPS) is 19.3. The second kappa shape index (κ2) is 16.1. The van der Waals surface area contributed by atoms with Crippen LogP contribution in [-0.2, 0) is 36.0 Å². The van der Waals surface area contributed by atoms with Crippen LogP contribution in [0.4, 0.5) is 0 Å². The molecule has 12 heteroatoms. The first kappa shape index (κ1) is 36.7. The first-order valence-electron chi connectivity index (χ1n) is 16.9. The molecule has 5 aromatic rings.